The molecule has 7 heteroatoms. The zero-order valence-corrected chi connectivity index (χ0v) is 16.7. The van der Waals surface area contributed by atoms with Gasteiger partial charge in [0.2, 0.25) is 0 Å². The summed E-state index contributed by atoms with van der Waals surface area (Å²) in [5.41, 5.74) is 3.64. The highest BCUT2D eigenvalue weighted by Gasteiger charge is 2.49. The van der Waals surface area contributed by atoms with Crippen LogP contribution >= 0.6 is 0 Å². The van der Waals surface area contributed by atoms with Crippen LogP contribution in [0.15, 0.2) is 48.8 Å². The van der Waals surface area contributed by atoms with Crippen molar-refractivity contribution in [3.05, 3.63) is 65.5 Å². The van der Waals surface area contributed by atoms with Crippen molar-refractivity contribution < 1.29 is 14.7 Å². The van der Waals surface area contributed by atoms with Crippen LogP contribution in [-0.4, -0.2) is 44.1 Å². The van der Waals surface area contributed by atoms with Gasteiger partial charge in [-0.2, -0.15) is 0 Å². The molecular weight excluding hydrogens is 368 g/mol. The molecule has 1 aliphatic heterocycles. The molecule has 0 aliphatic carbocycles. The quantitative estimate of drug-likeness (QED) is 0.653. The molecule has 4 rings (SSSR count). The van der Waals surface area contributed by atoms with Crippen LogP contribution in [0.3, 0.4) is 0 Å². The molecule has 3 amide bonds. The molecule has 150 valence electrons. The van der Waals surface area contributed by atoms with E-state index in [-0.39, 0.29) is 19.0 Å². The molecule has 2 aromatic carbocycles. The molecule has 0 unspecified atom stereocenters. The van der Waals surface area contributed by atoms with E-state index in [1.807, 2.05) is 48.7 Å². The minimum Gasteiger partial charge on any atom is -0.389 e. The molecule has 2 atom stereocenters. The van der Waals surface area contributed by atoms with Gasteiger partial charge in [0.1, 0.15) is 5.54 Å². The highest BCUT2D eigenvalue weighted by Crippen LogP contribution is 2.29. The molecule has 1 aliphatic rings. The summed E-state index contributed by atoms with van der Waals surface area (Å²) in [6, 6.07) is 12.7. The number of aliphatic hydroxyl groups excluding tert-OH is 1. The molecule has 0 spiro atoms. The average molecular weight is 392 g/mol. The van der Waals surface area contributed by atoms with Crippen LogP contribution in [0.2, 0.25) is 0 Å². The SMILES string of the molecule is Cc1cc2ncn(C[C@@H](O)CN3C(=O)N[C@@](C)(c4ccccc4)C3=O)c2cc1C. The summed E-state index contributed by atoms with van der Waals surface area (Å²) in [6.07, 6.45) is 0.758. The zero-order chi connectivity index (χ0) is 20.8. The second-order valence-corrected chi connectivity index (χ2v) is 7.81. The second kappa shape index (κ2) is 7.00. The van der Waals surface area contributed by atoms with E-state index in [0.717, 1.165) is 27.1 Å². The van der Waals surface area contributed by atoms with Crippen LogP contribution < -0.4 is 5.32 Å². The monoisotopic (exact) mass is 392 g/mol. The fraction of sp³-hybridized carbons (Fsp3) is 0.318. The Morgan fingerprint density at radius 1 is 1.10 bits per heavy atom. The number of hydrogen-bond donors (Lipinski definition) is 2. The number of urea groups is 1. The summed E-state index contributed by atoms with van der Waals surface area (Å²) in [6.45, 7) is 5.89. The number of benzene rings is 2. The topological polar surface area (TPSA) is 87.5 Å². The molecule has 0 radical (unpaired) electrons. The normalized spacial score (nSPS) is 20.3. The lowest BCUT2D eigenvalue weighted by Crippen LogP contribution is -2.42. The number of hydrogen-bond acceptors (Lipinski definition) is 4. The Hall–Kier alpha value is -3.19. The number of imide groups is 1. The molecule has 1 aromatic heterocycles. The molecular formula is C22H24N4O3. The Morgan fingerprint density at radius 3 is 2.52 bits per heavy atom. The van der Waals surface area contributed by atoms with Crippen LogP contribution in [0.5, 0.6) is 0 Å². The third kappa shape index (κ3) is 3.27. The summed E-state index contributed by atoms with van der Waals surface area (Å²) in [5, 5.41) is 13.4. The van der Waals surface area contributed by atoms with Gasteiger partial charge in [0.25, 0.3) is 5.91 Å². The predicted octanol–water partition coefficient (Wildman–Crippen LogP) is 2.48. The summed E-state index contributed by atoms with van der Waals surface area (Å²) < 4.78 is 1.85. The summed E-state index contributed by atoms with van der Waals surface area (Å²) in [7, 11) is 0. The second-order valence-electron chi connectivity index (χ2n) is 7.81. The maximum atomic E-state index is 13.0. The van der Waals surface area contributed by atoms with Gasteiger partial charge >= 0.3 is 6.03 Å². The fourth-order valence-electron chi connectivity index (χ4n) is 3.78. The van der Waals surface area contributed by atoms with E-state index in [1.165, 1.54) is 0 Å². The van der Waals surface area contributed by atoms with Crippen LogP contribution in [-0.2, 0) is 16.9 Å². The number of aromatic nitrogens is 2. The largest absolute Gasteiger partial charge is 0.389 e. The Balaban J connectivity index is 1.52. The van der Waals surface area contributed by atoms with Crippen molar-refractivity contribution >= 4 is 23.0 Å². The van der Waals surface area contributed by atoms with Crippen molar-refractivity contribution in [2.24, 2.45) is 0 Å². The molecule has 7 nitrogen and oxygen atoms in total. The van der Waals surface area contributed by atoms with Crippen LogP contribution in [0.4, 0.5) is 4.79 Å². The number of β-amino-alcohol motifs (C(OH)–C–C–N with tert-alkyl or cyclic N) is 1. The van der Waals surface area contributed by atoms with Crippen LogP contribution in [0, 0.1) is 13.8 Å². The van der Waals surface area contributed by atoms with Crippen molar-refractivity contribution in [1.29, 1.82) is 0 Å². The van der Waals surface area contributed by atoms with E-state index in [1.54, 1.807) is 25.4 Å². The number of aliphatic hydroxyl groups is 1. The molecule has 1 fully saturated rings. The Bertz CT molecular complexity index is 1090. The Kier molecular flexibility index (Phi) is 4.62. The van der Waals surface area contributed by atoms with Crippen molar-refractivity contribution in [1.82, 2.24) is 19.8 Å². The highest BCUT2D eigenvalue weighted by molar-refractivity contribution is 6.07. The number of aryl methyl sites for hydroxylation is 2. The van der Waals surface area contributed by atoms with E-state index >= 15 is 0 Å². The zero-order valence-electron chi connectivity index (χ0n) is 16.7. The number of carbonyl (C=O) groups is 2. The minimum absolute atomic E-state index is 0.0857. The first kappa shape index (κ1) is 19.1. The van der Waals surface area contributed by atoms with Crippen molar-refractivity contribution in [2.45, 2.75) is 39.0 Å². The number of nitrogens with one attached hydrogen (secondary N) is 1. The van der Waals surface area contributed by atoms with Gasteiger partial charge < -0.3 is 15.0 Å². The van der Waals surface area contributed by atoms with Crippen LogP contribution in [0.25, 0.3) is 11.0 Å². The lowest BCUT2D eigenvalue weighted by atomic mass is 9.92. The fourth-order valence-corrected chi connectivity index (χ4v) is 3.78. The van der Waals surface area contributed by atoms with Gasteiger partial charge in [-0.1, -0.05) is 30.3 Å². The first-order valence-corrected chi connectivity index (χ1v) is 9.59. The van der Waals surface area contributed by atoms with Crippen molar-refractivity contribution in [2.75, 3.05) is 6.54 Å². The molecule has 2 N–H and O–H groups in total. The smallest absolute Gasteiger partial charge is 0.325 e. The third-order valence-corrected chi connectivity index (χ3v) is 5.66. The Morgan fingerprint density at radius 2 is 1.79 bits per heavy atom. The number of fused-ring (bicyclic) bond motifs is 1. The van der Waals surface area contributed by atoms with Gasteiger partial charge in [-0.3, -0.25) is 9.69 Å². The summed E-state index contributed by atoms with van der Waals surface area (Å²) in [5.74, 6) is -0.366. The van der Waals surface area contributed by atoms with Gasteiger partial charge in [0.05, 0.1) is 36.6 Å². The molecule has 29 heavy (non-hydrogen) atoms. The molecule has 3 aromatic rings. The summed E-state index contributed by atoms with van der Waals surface area (Å²) in [4.78, 5) is 30.9. The molecule has 1 saturated heterocycles. The number of rotatable bonds is 5. The van der Waals surface area contributed by atoms with Gasteiger partial charge in [0.15, 0.2) is 0 Å². The van der Waals surface area contributed by atoms with E-state index in [4.69, 9.17) is 0 Å². The molecule has 0 bridgehead atoms. The standard InChI is InChI=1S/C22H24N4O3/c1-14-9-18-19(10-15(14)2)25(13-23-18)11-17(27)12-26-20(28)22(3,24-21(26)29)16-7-5-4-6-8-16/h4-10,13,17,27H,11-12H2,1-3H3,(H,24,29)/t17-,22+/m1/s1. The molecule has 2 heterocycles. The lowest BCUT2D eigenvalue weighted by molar-refractivity contribution is -0.132. The van der Waals surface area contributed by atoms with Gasteiger partial charge in [-0.05, 0) is 49.6 Å². The predicted molar refractivity (Wildman–Crippen MR) is 109 cm³/mol. The Labute approximate surface area is 169 Å². The van der Waals surface area contributed by atoms with Crippen molar-refractivity contribution in [3.63, 3.8) is 0 Å². The maximum absolute atomic E-state index is 13.0. The maximum Gasteiger partial charge on any atom is 0.325 e. The highest BCUT2D eigenvalue weighted by atomic mass is 16.3. The first-order chi connectivity index (χ1) is 13.8. The first-order valence-electron chi connectivity index (χ1n) is 9.59. The van der Waals surface area contributed by atoms with E-state index in [0.29, 0.717) is 5.56 Å². The third-order valence-electron chi connectivity index (χ3n) is 5.66. The number of carbonyl (C=O) groups excluding carboxylic acids is 2. The van der Waals surface area contributed by atoms with Gasteiger partial charge in [-0.15, -0.1) is 0 Å². The number of nitrogens with zero attached hydrogens (tertiary/aromatic N) is 3. The van der Waals surface area contributed by atoms with Gasteiger partial charge in [0, 0.05) is 0 Å². The lowest BCUT2D eigenvalue weighted by Gasteiger charge is -2.23. The van der Waals surface area contributed by atoms with E-state index in [2.05, 4.69) is 10.3 Å². The van der Waals surface area contributed by atoms with E-state index < -0.39 is 17.7 Å². The van der Waals surface area contributed by atoms with E-state index in [9.17, 15) is 14.7 Å². The average Bonchev–Trinajstić information content (AvgIpc) is 3.17. The number of amides is 3. The summed E-state index contributed by atoms with van der Waals surface area (Å²) >= 11 is 0. The molecule has 0 saturated carbocycles. The van der Waals surface area contributed by atoms with Gasteiger partial charge in [-0.25, -0.2) is 9.78 Å². The van der Waals surface area contributed by atoms with Crippen LogP contribution in [0.1, 0.15) is 23.6 Å². The minimum atomic E-state index is -1.13. The van der Waals surface area contributed by atoms with Crippen molar-refractivity contribution in [3.8, 4) is 0 Å². The number of imidazole rings is 1.